The molecule has 0 N–H and O–H groups in total. The Bertz CT molecular complexity index is 786. The summed E-state index contributed by atoms with van der Waals surface area (Å²) in [7, 11) is -1.02. The highest BCUT2D eigenvalue weighted by Gasteiger charge is 2.27. The quantitative estimate of drug-likeness (QED) is 0.620. The second-order valence-electron chi connectivity index (χ2n) is 6.17. The first-order valence-corrected chi connectivity index (χ1v) is 10.4. The molecule has 24 heavy (non-hydrogen) atoms. The topological polar surface area (TPSA) is 30.0 Å². The summed E-state index contributed by atoms with van der Waals surface area (Å²) in [5, 5.41) is 1.12. The van der Waals surface area contributed by atoms with Gasteiger partial charge in [0, 0.05) is 27.8 Å². The van der Waals surface area contributed by atoms with Crippen molar-refractivity contribution in [2.75, 3.05) is 0 Å². The molecule has 1 atom stereocenters. The van der Waals surface area contributed by atoms with E-state index in [0.717, 1.165) is 16.0 Å². The van der Waals surface area contributed by atoms with Crippen LogP contribution in [-0.2, 0) is 16.6 Å². The minimum atomic E-state index is -1.02. The van der Waals surface area contributed by atoms with Crippen molar-refractivity contribution in [2.24, 2.45) is 0 Å². The average Bonchev–Trinajstić information content (AvgIpc) is 3.37. The van der Waals surface area contributed by atoms with Crippen LogP contribution in [0.1, 0.15) is 45.0 Å². The molecule has 1 heterocycles. The summed E-state index contributed by atoms with van der Waals surface area (Å²) < 4.78 is 13.2. The van der Waals surface area contributed by atoms with Crippen molar-refractivity contribution in [1.29, 1.82) is 0 Å². The Labute approximate surface area is 149 Å². The highest BCUT2D eigenvalue weighted by Crippen LogP contribution is 2.42. The lowest BCUT2D eigenvalue weighted by molar-refractivity contribution is 0.678. The fourth-order valence-corrected chi connectivity index (χ4v) is 5.79. The molecule has 3 aromatic rings. The molecule has 0 unspecified atom stereocenters. The molecule has 4 heteroatoms. The summed E-state index contributed by atoms with van der Waals surface area (Å²) in [6.45, 7) is 0. The van der Waals surface area contributed by atoms with Gasteiger partial charge in [-0.15, -0.1) is 11.3 Å². The summed E-state index contributed by atoms with van der Waals surface area (Å²) >= 11 is 1.74. The van der Waals surface area contributed by atoms with Crippen molar-refractivity contribution in [3.05, 3.63) is 87.9 Å². The molecule has 2 nitrogen and oxygen atoms in total. The molecule has 2 aromatic carbocycles. The second-order valence-corrected chi connectivity index (χ2v) is 8.83. The standard InChI is InChI=1S/C20H19NOS2/c22-24(14-18-13-21-20(23-18)17-11-12-17)19(15-7-3-1-4-8-15)16-9-5-2-6-10-16/h1-10,13,17,19H,11-12,14H2/t24-/m0/s1. The van der Waals surface area contributed by atoms with Gasteiger partial charge in [0.05, 0.1) is 16.0 Å². The lowest BCUT2D eigenvalue weighted by Crippen LogP contribution is -2.10. The van der Waals surface area contributed by atoms with Crippen molar-refractivity contribution >= 4 is 22.1 Å². The molecule has 1 saturated carbocycles. The molecule has 1 aromatic heterocycles. The van der Waals surface area contributed by atoms with Crippen LogP contribution in [0.15, 0.2) is 66.9 Å². The van der Waals surface area contributed by atoms with Gasteiger partial charge >= 0.3 is 0 Å². The predicted molar refractivity (Wildman–Crippen MR) is 101 cm³/mol. The monoisotopic (exact) mass is 353 g/mol. The maximum Gasteiger partial charge on any atom is 0.0958 e. The Morgan fingerprint density at radius 3 is 2.12 bits per heavy atom. The zero-order valence-corrected chi connectivity index (χ0v) is 14.9. The van der Waals surface area contributed by atoms with Crippen LogP contribution in [0, 0.1) is 0 Å². The zero-order valence-electron chi connectivity index (χ0n) is 13.3. The Morgan fingerprint density at radius 1 is 1.00 bits per heavy atom. The Balaban J connectivity index is 1.61. The molecule has 0 spiro atoms. The second kappa shape index (κ2) is 6.99. The van der Waals surface area contributed by atoms with Gasteiger partial charge in [-0.2, -0.15) is 0 Å². The third-order valence-corrected chi connectivity index (χ3v) is 7.26. The first-order chi connectivity index (χ1) is 11.8. The van der Waals surface area contributed by atoms with Gasteiger partial charge in [0.2, 0.25) is 0 Å². The SMILES string of the molecule is O=[S@@](Cc1cnc(C2CC2)s1)C(c1ccccc1)c1ccccc1. The van der Waals surface area contributed by atoms with Crippen LogP contribution in [0.3, 0.4) is 0 Å². The number of nitrogens with zero attached hydrogens (tertiary/aromatic N) is 1. The van der Waals surface area contributed by atoms with E-state index in [1.165, 1.54) is 17.8 Å². The van der Waals surface area contributed by atoms with Crippen molar-refractivity contribution in [2.45, 2.75) is 29.8 Å². The maximum atomic E-state index is 13.2. The minimum absolute atomic E-state index is 0.0983. The average molecular weight is 354 g/mol. The van der Waals surface area contributed by atoms with E-state index < -0.39 is 10.8 Å². The van der Waals surface area contributed by atoms with Crippen molar-refractivity contribution < 1.29 is 4.21 Å². The van der Waals surface area contributed by atoms with E-state index in [1.807, 2.05) is 42.6 Å². The van der Waals surface area contributed by atoms with E-state index >= 15 is 0 Å². The third-order valence-electron chi connectivity index (χ3n) is 4.25. The number of aromatic nitrogens is 1. The first-order valence-electron chi connectivity index (χ1n) is 8.23. The predicted octanol–water partition coefficient (Wildman–Crippen LogP) is 5.06. The van der Waals surface area contributed by atoms with Gasteiger partial charge < -0.3 is 0 Å². The molecule has 1 aliphatic carbocycles. The lowest BCUT2D eigenvalue weighted by Gasteiger charge is -2.17. The molecule has 4 rings (SSSR count). The first kappa shape index (κ1) is 15.7. The largest absolute Gasteiger partial charge is 0.258 e. The van der Waals surface area contributed by atoms with E-state index in [0.29, 0.717) is 11.7 Å². The molecule has 0 aliphatic heterocycles. The zero-order chi connectivity index (χ0) is 16.4. The van der Waals surface area contributed by atoms with Crippen LogP contribution < -0.4 is 0 Å². The lowest BCUT2D eigenvalue weighted by atomic mass is 10.0. The van der Waals surface area contributed by atoms with Crippen LogP contribution in [0.5, 0.6) is 0 Å². The fraction of sp³-hybridized carbons (Fsp3) is 0.250. The van der Waals surface area contributed by atoms with E-state index in [2.05, 4.69) is 29.2 Å². The number of thiazole rings is 1. The number of hydrogen-bond donors (Lipinski definition) is 0. The number of hydrogen-bond acceptors (Lipinski definition) is 3. The Kier molecular flexibility index (Phi) is 4.58. The molecule has 122 valence electrons. The Hall–Kier alpha value is -1.78. The molecule has 1 aliphatic rings. The highest BCUT2D eigenvalue weighted by atomic mass is 32.2. The van der Waals surface area contributed by atoms with Crippen LogP contribution in [0.2, 0.25) is 0 Å². The fourth-order valence-electron chi connectivity index (χ4n) is 2.88. The maximum absolute atomic E-state index is 13.2. The van der Waals surface area contributed by atoms with Gasteiger partial charge in [-0.3, -0.25) is 4.21 Å². The smallest absolute Gasteiger partial charge is 0.0958 e. The third kappa shape index (κ3) is 3.50. The van der Waals surface area contributed by atoms with Gasteiger partial charge in [0.15, 0.2) is 0 Å². The van der Waals surface area contributed by atoms with Crippen LogP contribution in [-0.4, -0.2) is 9.19 Å². The normalized spacial score (nSPS) is 15.5. The van der Waals surface area contributed by atoms with Crippen molar-refractivity contribution in [3.8, 4) is 0 Å². The van der Waals surface area contributed by atoms with Crippen molar-refractivity contribution in [1.82, 2.24) is 4.98 Å². The van der Waals surface area contributed by atoms with Crippen LogP contribution in [0.25, 0.3) is 0 Å². The van der Waals surface area contributed by atoms with Crippen LogP contribution >= 0.6 is 11.3 Å². The van der Waals surface area contributed by atoms with E-state index in [9.17, 15) is 4.21 Å². The van der Waals surface area contributed by atoms with Gasteiger partial charge in [-0.05, 0) is 24.0 Å². The summed E-state index contributed by atoms with van der Waals surface area (Å²) in [5.74, 6) is 1.23. The van der Waals surface area contributed by atoms with Gasteiger partial charge in [-0.25, -0.2) is 4.98 Å². The number of rotatable bonds is 6. The van der Waals surface area contributed by atoms with E-state index in [4.69, 9.17) is 0 Å². The summed E-state index contributed by atoms with van der Waals surface area (Å²) in [6.07, 6.45) is 4.43. The number of benzene rings is 2. The summed E-state index contributed by atoms with van der Waals surface area (Å²) in [4.78, 5) is 5.65. The van der Waals surface area contributed by atoms with Crippen molar-refractivity contribution in [3.63, 3.8) is 0 Å². The summed E-state index contributed by atoms with van der Waals surface area (Å²) in [6, 6.07) is 20.3. The molecular weight excluding hydrogens is 334 g/mol. The highest BCUT2D eigenvalue weighted by molar-refractivity contribution is 7.84. The van der Waals surface area contributed by atoms with Gasteiger partial charge in [0.25, 0.3) is 0 Å². The molecule has 0 bridgehead atoms. The van der Waals surface area contributed by atoms with E-state index in [-0.39, 0.29) is 5.25 Å². The molecule has 0 radical (unpaired) electrons. The summed E-state index contributed by atoms with van der Waals surface area (Å²) in [5.41, 5.74) is 2.21. The van der Waals surface area contributed by atoms with E-state index in [1.54, 1.807) is 11.3 Å². The van der Waals surface area contributed by atoms with Crippen LogP contribution in [0.4, 0.5) is 0 Å². The van der Waals surface area contributed by atoms with Gasteiger partial charge in [0.1, 0.15) is 0 Å². The minimum Gasteiger partial charge on any atom is -0.258 e. The molecular formula is C20H19NOS2. The molecule has 0 saturated heterocycles. The van der Waals surface area contributed by atoms with Gasteiger partial charge in [-0.1, -0.05) is 60.7 Å². The Morgan fingerprint density at radius 2 is 1.58 bits per heavy atom. The molecule has 0 amide bonds. The molecule has 1 fully saturated rings.